The van der Waals surface area contributed by atoms with E-state index in [1.54, 1.807) is 13.8 Å². The number of nitrogens with one attached hydrogen (secondary N) is 2. The van der Waals surface area contributed by atoms with Crippen molar-refractivity contribution in [1.29, 1.82) is 0 Å². The number of hydrogen-bond acceptors (Lipinski definition) is 21. The average Bonchev–Trinajstić information content (AvgIpc) is 1.77. The number of aromatic nitrogens is 10. The van der Waals surface area contributed by atoms with Gasteiger partial charge in [0, 0.05) is 53.3 Å². The second kappa shape index (κ2) is 31.9. The number of anilines is 1. The number of alkyl halides is 9. The lowest BCUT2D eigenvalue weighted by molar-refractivity contribution is -0.143. The molecule has 0 spiro atoms. The van der Waals surface area contributed by atoms with E-state index in [1.807, 2.05) is 65.4 Å². The quantitative estimate of drug-likeness (QED) is 0.0329. The summed E-state index contributed by atoms with van der Waals surface area (Å²) in [7, 11) is -3.97. The Bertz CT molecular complexity index is 4900. The van der Waals surface area contributed by atoms with Gasteiger partial charge in [-0.15, -0.1) is 21.8 Å². The molecule has 0 saturated carbocycles. The molecule has 0 bridgehead atoms. The lowest BCUT2D eigenvalue weighted by atomic mass is 9.82. The molecule has 27 nitrogen and oxygen atoms in total. The highest BCUT2D eigenvalue weighted by atomic mass is 35.5. The second-order valence-corrected chi connectivity index (χ2v) is 25.4. The summed E-state index contributed by atoms with van der Waals surface area (Å²) in [6.07, 6.45) is -8.02. The molecule has 0 saturated heterocycles. The van der Waals surface area contributed by atoms with Gasteiger partial charge in [0.05, 0.1) is 63.1 Å². The van der Waals surface area contributed by atoms with Crippen molar-refractivity contribution in [2.24, 2.45) is 12.2 Å². The van der Waals surface area contributed by atoms with Crippen molar-refractivity contribution < 1.29 is 99.3 Å². The lowest BCUT2D eigenvalue weighted by Gasteiger charge is -2.27. The van der Waals surface area contributed by atoms with Crippen LogP contribution in [0.1, 0.15) is 82.1 Å². The molecule has 0 aliphatic carbocycles. The third-order valence-electron chi connectivity index (χ3n) is 14.1. The predicted octanol–water partition coefficient (Wildman–Crippen LogP) is 9.55. The highest BCUT2D eigenvalue weighted by molar-refractivity contribution is 7.93. The first-order valence-electron chi connectivity index (χ1n) is 28.9. The number of H-pyrrole nitrogens is 1. The zero-order chi connectivity index (χ0) is 74.9. The number of methoxy groups -OCH3 is 3. The first-order chi connectivity index (χ1) is 47.4. The van der Waals surface area contributed by atoms with Crippen molar-refractivity contribution in [2.45, 2.75) is 80.2 Å². The van der Waals surface area contributed by atoms with Crippen LogP contribution in [0.5, 0.6) is 17.6 Å². The van der Waals surface area contributed by atoms with Crippen molar-refractivity contribution in [1.82, 2.24) is 48.7 Å². The van der Waals surface area contributed by atoms with Crippen LogP contribution in [0, 0.1) is 19.7 Å². The van der Waals surface area contributed by atoms with Crippen LogP contribution in [0.15, 0.2) is 134 Å². The van der Waals surface area contributed by atoms with E-state index in [9.17, 15) is 80.3 Å². The van der Waals surface area contributed by atoms with Crippen LogP contribution in [-0.4, -0.2) is 135 Å². The second-order valence-electron chi connectivity index (χ2n) is 20.9. The molecule has 1 unspecified atom stereocenters. The molecule has 540 valence electrons. The van der Waals surface area contributed by atoms with Crippen molar-refractivity contribution in [3.05, 3.63) is 191 Å². The Kier molecular flexibility index (Phi) is 24.6. The van der Waals surface area contributed by atoms with Crippen LogP contribution in [0.3, 0.4) is 0 Å². The maximum atomic E-state index is 14.2. The fourth-order valence-electron chi connectivity index (χ4n) is 9.54. The molecule has 9 aromatic rings. The number of sulfonamides is 1. The van der Waals surface area contributed by atoms with Crippen molar-refractivity contribution in [2.75, 3.05) is 45.5 Å². The maximum absolute atomic E-state index is 14.2. The summed E-state index contributed by atoms with van der Waals surface area (Å²) in [5.41, 5.74) is -3.87. The Labute approximate surface area is 576 Å². The number of rotatable bonds is 19. The number of benzene rings is 4. The average molecular weight is 1500 g/mol. The Morgan fingerprint density at radius 1 is 0.812 bits per heavy atom. The molecule has 40 heteroatoms. The molecular weight excluding hydrogens is 1450 g/mol. The minimum atomic E-state index is -4.98. The van der Waals surface area contributed by atoms with Crippen LogP contribution in [0.4, 0.5) is 45.5 Å². The van der Waals surface area contributed by atoms with Gasteiger partial charge in [-0.2, -0.15) is 54.3 Å². The number of sulfone groups is 1. The molecule has 1 aliphatic heterocycles. The number of carbonyl (C=O) groups excluding carboxylic acids is 3. The number of aryl methyl sites for hydroxylation is 3. The van der Waals surface area contributed by atoms with E-state index in [0.29, 0.717) is 47.9 Å². The van der Waals surface area contributed by atoms with Crippen molar-refractivity contribution in [3.8, 4) is 23.3 Å². The number of nitrogens with zero attached hydrogens (tertiary/aromatic N) is 10. The summed E-state index contributed by atoms with van der Waals surface area (Å²) in [5, 5.41) is 12.9. The Balaban J connectivity index is 0.000000190. The van der Waals surface area contributed by atoms with Crippen LogP contribution in [-0.2, 0) is 75.2 Å². The fourth-order valence-corrected chi connectivity index (χ4v) is 12.2. The molecule has 0 fully saturated rings. The van der Waals surface area contributed by atoms with E-state index in [1.165, 1.54) is 41.2 Å². The zero-order valence-electron chi connectivity index (χ0n) is 53.9. The van der Waals surface area contributed by atoms with Gasteiger partial charge in [0.2, 0.25) is 23.4 Å². The summed E-state index contributed by atoms with van der Waals surface area (Å²) in [6, 6.07) is 25.3. The molecule has 2 N–H and O–H groups in total. The van der Waals surface area contributed by atoms with Gasteiger partial charge in [-0.3, -0.25) is 24.2 Å². The fraction of sp³-hybridized carbons (Fsp3) is 0.295. The van der Waals surface area contributed by atoms with Crippen LogP contribution >= 0.6 is 23.2 Å². The van der Waals surface area contributed by atoms with Crippen LogP contribution in [0.25, 0.3) is 11.5 Å². The van der Waals surface area contributed by atoms with Gasteiger partial charge in [0.25, 0.3) is 27.3 Å². The van der Waals surface area contributed by atoms with Crippen LogP contribution < -0.4 is 30.2 Å². The lowest BCUT2D eigenvalue weighted by Crippen LogP contribution is -2.29. The molecule has 1 aliphatic rings. The molecule has 101 heavy (non-hydrogen) atoms. The van der Waals surface area contributed by atoms with E-state index >= 15 is 0 Å². The molecular formula is C61H57Cl2F9N12O15S2. The predicted molar refractivity (Wildman–Crippen MR) is 341 cm³/mol. The third kappa shape index (κ3) is 17.8. The summed E-state index contributed by atoms with van der Waals surface area (Å²) < 4.78 is 197. The molecule has 0 amide bonds. The minimum absolute atomic E-state index is 0.0424. The van der Waals surface area contributed by atoms with Gasteiger partial charge in [0.1, 0.15) is 22.5 Å². The van der Waals surface area contributed by atoms with E-state index in [-0.39, 0.29) is 68.5 Å². The Hall–Kier alpha value is -10.3. The number of fused-ring (bicyclic) bond motifs is 1. The maximum Gasteiger partial charge on any atom is 0.418 e. The third-order valence-corrected chi connectivity index (χ3v) is 17.3. The monoisotopic (exact) mass is 1500 g/mol. The van der Waals surface area contributed by atoms with E-state index in [0.717, 1.165) is 51.8 Å². The van der Waals surface area contributed by atoms with Gasteiger partial charge < -0.3 is 28.5 Å². The normalized spacial score (nSPS) is 13.1. The van der Waals surface area contributed by atoms with Gasteiger partial charge in [-0.25, -0.2) is 45.1 Å². The molecule has 6 heterocycles. The van der Waals surface area contributed by atoms with Gasteiger partial charge in [-0.1, -0.05) is 77.4 Å². The summed E-state index contributed by atoms with van der Waals surface area (Å²) in [4.78, 5) is 75.3. The van der Waals surface area contributed by atoms with Crippen molar-refractivity contribution >= 4 is 78.2 Å². The van der Waals surface area contributed by atoms with E-state index in [4.69, 9.17) is 51.7 Å². The number of ether oxygens (including phenoxy) is 5. The van der Waals surface area contributed by atoms with Gasteiger partial charge >= 0.3 is 36.5 Å². The topological polar surface area (TPSA) is 333 Å². The Morgan fingerprint density at radius 2 is 1.44 bits per heavy atom. The number of ketones is 1. The summed E-state index contributed by atoms with van der Waals surface area (Å²) in [6.45, 7) is 3.33. The molecule has 1 atom stereocenters. The number of oxime groups is 1. The molecule has 5 aromatic heterocycles. The van der Waals surface area contributed by atoms with E-state index < -0.39 is 123 Å². The van der Waals surface area contributed by atoms with Crippen molar-refractivity contribution in [3.63, 3.8) is 0 Å². The number of halogens is 11. The number of pyridine rings is 1. The first kappa shape index (κ1) is 78.0. The summed E-state index contributed by atoms with van der Waals surface area (Å²) in [5.74, 6) is -4.51. The standard InChI is InChI=1S/C18H17NO3.C15H14Cl2F3N3O3.C14H13F3N6O5S.C14H13F3N2O4S/c1-2-21-17(20)16-13-18(22-19-16,14-9-5-3-6-10-14)15-11-7-4-8-12-15;1-3-26-13(24)10(17)4-8-5-12(11(18)6-9(8)16)23-15(25)22(14(19)20)7(2)21-23;1-26-8-6-9(27-2)23-13(19-8)20-12(21-23)22-29(24,25)10-7(14(15,16)17)4-5-18-11(10)28-3;1-7-11(13(21)19(2)18-7)12(20)9-5-4-8(14(15,16)17)6-10(9)24(3,22)23/h3-12H,2,13H2,1H3;5-6,10,14H,3-4H2,1-2H3;4-6H,1-3H3,(H,21,22);4-6,18H,1-3H3. The molecule has 4 aromatic carbocycles. The zero-order valence-corrected chi connectivity index (χ0v) is 57.1. The van der Waals surface area contributed by atoms with Gasteiger partial charge in [-0.05, 0) is 69.7 Å². The number of carbonyl (C=O) groups is 3. The first-order valence-corrected chi connectivity index (χ1v) is 33.0. The smallest absolute Gasteiger partial charge is 0.418 e. The molecule has 10 rings (SSSR count). The Morgan fingerprint density at radius 3 is 1.95 bits per heavy atom. The number of aromatic amines is 1. The SMILES string of the molecule is CCOC(=O)C(Cl)Cc1cc(-n2nc(C)n(C(F)F)c2=O)c(F)cc1Cl.CCOC(=O)C1=NOC(c2ccccc2)(c2ccccc2)C1.COc1cc(OC)n2nc(NS(=O)(=O)c3c(C(F)(F)F)ccnc3OC)nc2n1.Cc1[nH]n(C)c(=O)c1C(=O)c1ccc(C(F)(F)F)cc1S(C)(=O)=O. The number of esters is 2. The minimum Gasteiger partial charge on any atom is -0.481 e. The molecule has 0 radical (unpaired) electrons. The van der Waals surface area contributed by atoms with Crippen LogP contribution in [0.2, 0.25) is 5.02 Å². The highest BCUT2D eigenvalue weighted by Crippen LogP contribution is 2.42. The largest absolute Gasteiger partial charge is 0.481 e. The van der Waals surface area contributed by atoms with E-state index in [2.05, 4.69) is 35.4 Å². The van der Waals surface area contributed by atoms with Gasteiger partial charge in [0.15, 0.2) is 31.9 Å². The highest BCUT2D eigenvalue weighted by Gasteiger charge is 2.45. The summed E-state index contributed by atoms with van der Waals surface area (Å²) >= 11 is 11.9. The number of hydrogen-bond donors (Lipinski definition) is 2.